The smallest absolute Gasteiger partial charge is 0.126 e. The van der Waals surface area contributed by atoms with Gasteiger partial charge in [0.1, 0.15) is 5.75 Å². The quantitative estimate of drug-likeness (QED) is 0.566. The van der Waals surface area contributed by atoms with E-state index in [0.717, 1.165) is 12.2 Å². The predicted octanol–water partition coefficient (Wildman–Crippen LogP) is 4.76. The summed E-state index contributed by atoms with van der Waals surface area (Å²) in [7, 11) is 1.37. The van der Waals surface area contributed by atoms with Crippen molar-refractivity contribution in [2.45, 2.75) is 12.8 Å². The Hall–Kier alpha value is -2.11. The van der Waals surface area contributed by atoms with Crippen LogP contribution >= 0.6 is 7.92 Å². The van der Waals surface area contributed by atoms with Gasteiger partial charge in [0.15, 0.2) is 0 Å². The molecular formula is C22H23OP. The Morgan fingerprint density at radius 2 is 1.38 bits per heavy atom. The minimum atomic E-state index is -0.399. The van der Waals surface area contributed by atoms with E-state index in [1.54, 1.807) is 7.11 Å². The Balaban J connectivity index is 1.80. The van der Waals surface area contributed by atoms with E-state index in [4.69, 9.17) is 4.74 Å². The molecule has 0 radical (unpaired) electrons. The lowest BCUT2D eigenvalue weighted by Crippen LogP contribution is -2.16. The molecule has 3 rings (SSSR count). The SMILES string of the molecule is COc1ccccc1P(CCCc1ccccc1)c1ccccc1. The Morgan fingerprint density at radius 3 is 2.08 bits per heavy atom. The minimum Gasteiger partial charge on any atom is -0.496 e. The van der Waals surface area contributed by atoms with Crippen molar-refractivity contribution in [3.05, 3.63) is 90.5 Å². The summed E-state index contributed by atoms with van der Waals surface area (Å²) in [5.74, 6) is 1.01. The summed E-state index contributed by atoms with van der Waals surface area (Å²) in [6.07, 6.45) is 3.49. The second kappa shape index (κ2) is 8.66. The van der Waals surface area contributed by atoms with E-state index in [1.807, 2.05) is 6.07 Å². The van der Waals surface area contributed by atoms with Gasteiger partial charge in [-0.2, -0.15) is 0 Å². The van der Waals surface area contributed by atoms with Crippen molar-refractivity contribution in [1.29, 1.82) is 0 Å². The Labute approximate surface area is 146 Å². The Bertz CT molecular complexity index is 740. The number of rotatable bonds is 7. The molecule has 2 heteroatoms. The van der Waals surface area contributed by atoms with Gasteiger partial charge >= 0.3 is 0 Å². The standard InChI is InChI=1S/C22H23OP/c1-23-21-16-8-9-17-22(21)24(20-14-6-3-7-15-20)18-10-13-19-11-4-2-5-12-19/h2-9,11-12,14-17H,10,13,18H2,1H3. The van der Waals surface area contributed by atoms with Gasteiger partial charge in [-0.3, -0.25) is 0 Å². The third-order valence-electron chi connectivity index (χ3n) is 4.13. The molecule has 0 saturated heterocycles. The largest absolute Gasteiger partial charge is 0.496 e. The van der Waals surface area contributed by atoms with Crippen LogP contribution in [0.1, 0.15) is 12.0 Å². The van der Waals surface area contributed by atoms with Crippen molar-refractivity contribution in [2.75, 3.05) is 13.3 Å². The third-order valence-corrected chi connectivity index (χ3v) is 6.77. The number of hydrogen-bond acceptors (Lipinski definition) is 1. The summed E-state index contributed by atoms with van der Waals surface area (Å²) in [5, 5.41) is 2.76. The second-order valence-corrected chi connectivity index (χ2v) is 8.05. The lowest BCUT2D eigenvalue weighted by Gasteiger charge is -2.21. The van der Waals surface area contributed by atoms with Gasteiger partial charge in [0.05, 0.1) is 7.11 Å². The van der Waals surface area contributed by atoms with Crippen LogP contribution in [0.5, 0.6) is 5.75 Å². The van der Waals surface area contributed by atoms with Gasteiger partial charge in [0.25, 0.3) is 0 Å². The molecular weight excluding hydrogens is 311 g/mol. The van der Waals surface area contributed by atoms with Gasteiger partial charge < -0.3 is 4.74 Å². The fourth-order valence-electron chi connectivity index (χ4n) is 2.94. The van der Waals surface area contributed by atoms with E-state index in [9.17, 15) is 0 Å². The average molecular weight is 334 g/mol. The molecule has 0 bridgehead atoms. The first kappa shape index (κ1) is 16.7. The summed E-state index contributed by atoms with van der Waals surface area (Å²) in [5.41, 5.74) is 1.42. The summed E-state index contributed by atoms with van der Waals surface area (Å²) in [4.78, 5) is 0. The van der Waals surface area contributed by atoms with Crippen LogP contribution in [0.4, 0.5) is 0 Å². The topological polar surface area (TPSA) is 9.23 Å². The van der Waals surface area contributed by atoms with E-state index in [1.165, 1.54) is 28.8 Å². The number of para-hydroxylation sites is 1. The van der Waals surface area contributed by atoms with Gasteiger partial charge in [-0.05, 0) is 43.9 Å². The van der Waals surface area contributed by atoms with Crippen LogP contribution in [0.15, 0.2) is 84.9 Å². The maximum Gasteiger partial charge on any atom is 0.126 e. The number of aryl methyl sites for hydroxylation is 1. The first-order valence-electron chi connectivity index (χ1n) is 8.38. The molecule has 1 nitrogen and oxygen atoms in total. The average Bonchev–Trinajstić information content (AvgIpc) is 2.67. The molecule has 0 aliphatic carbocycles. The zero-order chi connectivity index (χ0) is 16.6. The summed E-state index contributed by atoms with van der Waals surface area (Å²) in [6.45, 7) is 0. The highest BCUT2D eigenvalue weighted by Gasteiger charge is 2.17. The van der Waals surface area contributed by atoms with Crippen LogP contribution in [0.25, 0.3) is 0 Å². The molecule has 0 heterocycles. The molecule has 3 aromatic rings. The molecule has 1 unspecified atom stereocenters. The van der Waals surface area contributed by atoms with Gasteiger partial charge in [-0.15, -0.1) is 0 Å². The van der Waals surface area contributed by atoms with Gasteiger partial charge in [0.2, 0.25) is 0 Å². The third kappa shape index (κ3) is 4.24. The van der Waals surface area contributed by atoms with E-state index in [-0.39, 0.29) is 0 Å². The first-order valence-corrected chi connectivity index (χ1v) is 9.90. The van der Waals surface area contributed by atoms with Crippen molar-refractivity contribution < 1.29 is 4.74 Å². The molecule has 0 N–H and O–H groups in total. The van der Waals surface area contributed by atoms with Crippen LogP contribution in [0.2, 0.25) is 0 Å². The zero-order valence-corrected chi connectivity index (χ0v) is 15.0. The van der Waals surface area contributed by atoms with Crippen molar-refractivity contribution in [3.8, 4) is 5.75 Å². The number of benzene rings is 3. The van der Waals surface area contributed by atoms with Crippen LogP contribution < -0.4 is 15.3 Å². The van der Waals surface area contributed by atoms with Crippen molar-refractivity contribution in [1.82, 2.24) is 0 Å². The minimum absolute atomic E-state index is 0.399. The molecule has 0 aliphatic rings. The van der Waals surface area contributed by atoms with Gasteiger partial charge in [-0.1, -0.05) is 78.9 Å². The highest BCUT2D eigenvalue weighted by atomic mass is 31.1. The normalized spacial score (nSPS) is 11.9. The van der Waals surface area contributed by atoms with Crippen molar-refractivity contribution in [3.63, 3.8) is 0 Å². The summed E-state index contributed by atoms with van der Waals surface area (Å²) < 4.78 is 5.63. The Kier molecular flexibility index (Phi) is 6.04. The van der Waals surface area contributed by atoms with Crippen molar-refractivity contribution >= 4 is 18.5 Å². The van der Waals surface area contributed by atoms with E-state index in [0.29, 0.717) is 0 Å². The van der Waals surface area contributed by atoms with Gasteiger partial charge in [-0.25, -0.2) is 0 Å². The number of ether oxygens (including phenoxy) is 1. The number of hydrogen-bond donors (Lipinski definition) is 0. The molecule has 122 valence electrons. The summed E-state index contributed by atoms with van der Waals surface area (Å²) >= 11 is 0. The fraction of sp³-hybridized carbons (Fsp3) is 0.182. The molecule has 1 atom stereocenters. The van der Waals surface area contributed by atoms with Crippen LogP contribution in [-0.4, -0.2) is 13.3 Å². The monoisotopic (exact) mass is 334 g/mol. The second-order valence-electron chi connectivity index (χ2n) is 5.75. The Morgan fingerprint density at radius 1 is 0.750 bits per heavy atom. The van der Waals surface area contributed by atoms with E-state index in [2.05, 4.69) is 78.9 Å². The molecule has 0 aromatic heterocycles. The zero-order valence-electron chi connectivity index (χ0n) is 14.1. The predicted molar refractivity (Wildman–Crippen MR) is 105 cm³/mol. The lowest BCUT2D eigenvalue weighted by molar-refractivity contribution is 0.418. The molecule has 0 fully saturated rings. The van der Waals surface area contributed by atoms with Gasteiger partial charge in [0, 0.05) is 5.30 Å². The maximum atomic E-state index is 5.63. The van der Waals surface area contributed by atoms with Crippen molar-refractivity contribution in [2.24, 2.45) is 0 Å². The first-order chi connectivity index (χ1) is 11.9. The molecule has 0 saturated carbocycles. The van der Waals surface area contributed by atoms with E-state index >= 15 is 0 Å². The highest BCUT2D eigenvalue weighted by Crippen LogP contribution is 2.38. The van der Waals surface area contributed by atoms with Crippen LogP contribution in [-0.2, 0) is 6.42 Å². The fourth-order valence-corrected chi connectivity index (χ4v) is 5.42. The maximum absolute atomic E-state index is 5.63. The summed E-state index contributed by atoms with van der Waals surface area (Å²) in [6, 6.07) is 30.1. The van der Waals surface area contributed by atoms with E-state index < -0.39 is 7.92 Å². The molecule has 0 aliphatic heterocycles. The lowest BCUT2D eigenvalue weighted by atomic mass is 10.1. The van der Waals surface area contributed by atoms with Crippen LogP contribution in [0.3, 0.4) is 0 Å². The molecule has 24 heavy (non-hydrogen) atoms. The molecule has 0 amide bonds. The molecule has 0 spiro atoms. The highest BCUT2D eigenvalue weighted by molar-refractivity contribution is 7.73. The molecule has 3 aromatic carbocycles. The number of methoxy groups -OCH3 is 1. The van der Waals surface area contributed by atoms with Crippen LogP contribution in [0, 0.1) is 0 Å².